The zero-order valence-corrected chi connectivity index (χ0v) is 11.4. The molecule has 0 aromatic rings. The molecule has 2 rings (SSSR count). The highest BCUT2D eigenvalue weighted by atomic mass is 16.3. The summed E-state index contributed by atoms with van der Waals surface area (Å²) in [6, 6.07) is 0.702. The zero-order chi connectivity index (χ0) is 12.3. The Morgan fingerprint density at radius 1 is 1.29 bits per heavy atom. The third-order valence-corrected chi connectivity index (χ3v) is 4.12. The van der Waals surface area contributed by atoms with Crippen molar-refractivity contribution in [2.24, 2.45) is 5.41 Å². The Labute approximate surface area is 106 Å². The molecular formula is C14H28N2O. The van der Waals surface area contributed by atoms with Crippen molar-refractivity contribution in [3.8, 4) is 0 Å². The molecule has 3 heteroatoms. The van der Waals surface area contributed by atoms with Gasteiger partial charge in [0.05, 0.1) is 6.10 Å². The molecule has 2 fully saturated rings. The molecule has 2 N–H and O–H groups in total. The molecule has 0 aromatic heterocycles. The van der Waals surface area contributed by atoms with Crippen LogP contribution in [-0.4, -0.2) is 48.3 Å². The van der Waals surface area contributed by atoms with Crippen molar-refractivity contribution in [2.45, 2.75) is 58.1 Å². The van der Waals surface area contributed by atoms with E-state index in [1.165, 1.54) is 32.1 Å². The minimum Gasteiger partial charge on any atom is -0.390 e. The van der Waals surface area contributed by atoms with E-state index in [2.05, 4.69) is 24.1 Å². The maximum atomic E-state index is 10.00. The van der Waals surface area contributed by atoms with Crippen LogP contribution in [0.5, 0.6) is 0 Å². The van der Waals surface area contributed by atoms with E-state index in [9.17, 15) is 5.11 Å². The Bertz CT molecular complexity index is 238. The number of aliphatic hydroxyl groups is 1. The average Bonchev–Trinajstić information content (AvgIpc) is 3.06. The summed E-state index contributed by atoms with van der Waals surface area (Å²) < 4.78 is 0. The number of rotatable bonds is 5. The van der Waals surface area contributed by atoms with Gasteiger partial charge < -0.3 is 15.3 Å². The van der Waals surface area contributed by atoms with Gasteiger partial charge in [0.1, 0.15) is 0 Å². The van der Waals surface area contributed by atoms with Crippen LogP contribution in [0.25, 0.3) is 0 Å². The SMILES string of the molecule is CC1(C)CCCN(CC(O)CNC2CC2)CC1. The van der Waals surface area contributed by atoms with Crippen LogP contribution in [0.1, 0.15) is 46.0 Å². The molecule has 0 radical (unpaired) electrons. The van der Waals surface area contributed by atoms with Crippen molar-refractivity contribution in [1.82, 2.24) is 10.2 Å². The van der Waals surface area contributed by atoms with Gasteiger partial charge in [0.25, 0.3) is 0 Å². The number of nitrogens with one attached hydrogen (secondary N) is 1. The highest BCUT2D eigenvalue weighted by Crippen LogP contribution is 2.29. The molecule has 1 atom stereocenters. The molecule has 3 nitrogen and oxygen atoms in total. The first-order valence-corrected chi connectivity index (χ1v) is 7.19. The van der Waals surface area contributed by atoms with E-state index in [1.54, 1.807) is 0 Å². The second-order valence-electron chi connectivity index (χ2n) is 6.65. The Hall–Kier alpha value is -0.120. The fourth-order valence-corrected chi connectivity index (χ4v) is 2.61. The predicted molar refractivity (Wildman–Crippen MR) is 71.1 cm³/mol. The third-order valence-electron chi connectivity index (χ3n) is 4.12. The molecule has 1 heterocycles. The summed E-state index contributed by atoms with van der Waals surface area (Å²) in [6.07, 6.45) is 6.25. The molecule has 1 unspecified atom stereocenters. The highest BCUT2D eigenvalue weighted by Gasteiger charge is 2.25. The largest absolute Gasteiger partial charge is 0.390 e. The first-order valence-electron chi connectivity index (χ1n) is 7.19. The highest BCUT2D eigenvalue weighted by molar-refractivity contribution is 4.83. The second kappa shape index (κ2) is 5.68. The second-order valence-corrected chi connectivity index (χ2v) is 6.65. The standard InChI is InChI=1S/C14H28N2O/c1-14(2)6-3-8-16(9-7-14)11-13(17)10-15-12-4-5-12/h12-13,15,17H,3-11H2,1-2H3. The molecular weight excluding hydrogens is 212 g/mol. The molecule has 0 amide bonds. The maximum absolute atomic E-state index is 10.00. The van der Waals surface area contributed by atoms with Gasteiger partial charge in [-0.05, 0) is 50.6 Å². The first-order chi connectivity index (χ1) is 8.05. The number of hydrogen-bond donors (Lipinski definition) is 2. The van der Waals surface area contributed by atoms with Crippen LogP contribution in [0.2, 0.25) is 0 Å². The van der Waals surface area contributed by atoms with E-state index in [1.807, 2.05) is 0 Å². The van der Waals surface area contributed by atoms with E-state index >= 15 is 0 Å². The van der Waals surface area contributed by atoms with Crippen molar-refractivity contribution in [1.29, 1.82) is 0 Å². The average molecular weight is 240 g/mol. The molecule has 0 spiro atoms. The van der Waals surface area contributed by atoms with Crippen LogP contribution in [0.3, 0.4) is 0 Å². The lowest BCUT2D eigenvalue weighted by atomic mass is 9.85. The fourth-order valence-electron chi connectivity index (χ4n) is 2.61. The van der Waals surface area contributed by atoms with Crippen LogP contribution >= 0.6 is 0 Å². The molecule has 1 aliphatic heterocycles. The first kappa shape index (κ1) is 13.3. The van der Waals surface area contributed by atoms with E-state index in [-0.39, 0.29) is 6.10 Å². The van der Waals surface area contributed by atoms with Crippen LogP contribution in [-0.2, 0) is 0 Å². The predicted octanol–water partition coefficient (Wildman–Crippen LogP) is 1.61. The number of β-amino-alcohol motifs (C(OH)–C–C–N with tert-alkyl or cyclic N) is 1. The molecule has 0 aromatic carbocycles. The topological polar surface area (TPSA) is 35.5 Å². The zero-order valence-electron chi connectivity index (χ0n) is 11.4. The summed E-state index contributed by atoms with van der Waals surface area (Å²) in [6.45, 7) is 8.64. The summed E-state index contributed by atoms with van der Waals surface area (Å²) in [7, 11) is 0. The normalized spacial score (nSPS) is 27.7. The number of likely N-dealkylation sites (tertiary alicyclic amines) is 1. The summed E-state index contributed by atoms with van der Waals surface area (Å²) in [4.78, 5) is 2.44. The van der Waals surface area contributed by atoms with Crippen molar-refractivity contribution in [2.75, 3.05) is 26.2 Å². The number of nitrogens with zero attached hydrogens (tertiary/aromatic N) is 1. The third kappa shape index (κ3) is 4.94. The molecule has 0 bridgehead atoms. The minimum absolute atomic E-state index is 0.197. The smallest absolute Gasteiger partial charge is 0.0791 e. The van der Waals surface area contributed by atoms with E-state index in [0.29, 0.717) is 11.5 Å². The Morgan fingerprint density at radius 2 is 2.06 bits per heavy atom. The van der Waals surface area contributed by atoms with Crippen molar-refractivity contribution in [3.05, 3.63) is 0 Å². The monoisotopic (exact) mass is 240 g/mol. The van der Waals surface area contributed by atoms with Gasteiger partial charge in [-0.15, -0.1) is 0 Å². The maximum Gasteiger partial charge on any atom is 0.0791 e. The van der Waals surface area contributed by atoms with Crippen molar-refractivity contribution < 1.29 is 5.11 Å². The van der Waals surface area contributed by atoms with Crippen molar-refractivity contribution in [3.63, 3.8) is 0 Å². The van der Waals surface area contributed by atoms with Gasteiger partial charge in [-0.2, -0.15) is 0 Å². The van der Waals surface area contributed by atoms with Crippen LogP contribution in [0.4, 0.5) is 0 Å². The summed E-state index contributed by atoms with van der Waals surface area (Å²) >= 11 is 0. The lowest BCUT2D eigenvalue weighted by Gasteiger charge is -2.25. The Morgan fingerprint density at radius 3 is 2.76 bits per heavy atom. The van der Waals surface area contributed by atoms with Gasteiger partial charge >= 0.3 is 0 Å². The molecule has 2 aliphatic rings. The number of hydrogen-bond acceptors (Lipinski definition) is 3. The van der Waals surface area contributed by atoms with Gasteiger partial charge in [-0.1, -0.05) is 13.8 Å². The summed E-state index contributed by atoms with van der Waals surface area (Å²) in [5, 5.41) is 13.4. The van der Waals surface area contributed by atoms with Gasteiger partial charge in [0, 0.05) is 19.1 Å². The quantitative estimate of drug-likeness (QED) is 0.766. The van der Waals surface area contributed by atoms with E-state index in [0.717, 1.165) is 26.2 Å². The van der Waals surface area contributed by atoms with Gasteiger partial charge in [-0.25, -0.2) is 0 Å². The molecule has 17 heavy (non-hydrogen) atoms. The van der Waals surface area contributed by atoms with Crippen LogP contribution in [0.15, 0.2) is 0 Å². The van der Waals surface area contributed by atoms with Gasteiger partial charge in [-0.3, -0.25) is 0 Å². The van der Waals surface area contributed by atoms with E-state index in [4.69, 9.17) is 0 Å². The van der Waals surface area contributed by atoms with Crippen LogP contribution in [0, 0.1) is 5.41 Å². The van der Waals surface area contributed by atoms with Gasteiger partial charge in [0.2, 0.25) is 0 Å². The summed E-state index contributed by atoms with van der Waals surface area (Å²) in [5.74, 6) is 0. The minimum atomic E-state index is -0.197. The Kier molecular flexibility index (Phi) is 4.45. The fraction of sp³-hybridized carbons (Fsp3) is 1.00. The number of aliphatic hydroxyl groups excluding tert-OH is 1. The molecule has 1 aliphatic carbocycles. The molecule has 1 saturated heterocycles. The Balaban J connectivity index is 1.66. The van der Waals surface area contributed by atoms with Gasteiger partial charge in [0.15, 0.2) is 0 Å². The van der Waals surface area contributed by atoms with Crippen molar-refractivity contribution >= 4 is 0 Å². The van der Waals surface area contributed by atoms with Crippen LogP contribution < -0.4 is 5.32 Å². The van der Waals surface area contributed by atoms with E-state index < -0.39 is 0 Å². The summed E-state index contributed by atoms with van der Waals surface area (Å²) in [5.41, 5.74) is 0.492. The molecule has 100 valence electrons. The molecule has 1 saturated carbocycles. The lowest BCUT2D eigenvalue weighted by molar-refractivity contribution is 0.111. The lowest BCUT2D eigenvalue weighted by Crippen LogP contribution is -2.39.